The lowest BCUT2D eigenvalue weighted by Gasteiger charge is -2.28. The predicted octanol–water partition coefficient (Wildman–Crippen LogP) is 2.45. The fraction of sp³-hybridized carbons (Fsp3) is 0.923. The van der Waals surface area contributed by atoms with E-state index in [0.29, 0.717) is 5.92 Å². The van der Waals surface area contributed by atoms with Crippen molar-refractivity contribution in [2.24, 2.45) is 5.92 Å². The van der Waals surface area contributed by atoms with Gasteiger partial charge in [0.25, 0.3) is 0 Å². The van der Waals surface area contributed by atoms with Crippen LogP contribution in [-0.4, -0.2) is 35.6 Å². The quantitative estimate of drug-likeness (QED) is 0.694. The number of rotatable bonds is 3. The molecule has 0 unspecified atom stereocenters. The van der Waals surface area contributed by atoms with Crippen LogP contribution in [0.25, 0.3) is 0 Å². The number of ether oxygens (including phenoxy) is 1. The molecule has 0 N–H and O–H groups in total. The summed E-state index contributed by atoms with van der Waals surface area (Å²) in [4.78, 5) is 14.3. The predicted molar refractivity (Wildman–Crippen MR) is 65.3 cm³/mol. The number of carbonyl (C=O) groups is 1. The molecule has 3 heteroatoms. The number of nitrogens with zero attached hydrogens (tertiary/aromatic N) is 1. The Morgan fingerprint density at radius 3 is 2.56 bits per heavy atom. The summed E-state index contributed by atoms with van der Waals surface area (Å²) in [5.41, 5.74) is -0.372. The molecular formula is C13H25NO2. The minimum absolute atomic E-state index is 0.0124. The first-order valence-corrected chi connectivity index (χ1v) is 6.26. The maximum atomic E-state index is 12.0. The molecule has 0 amide bonds. The Hall–Kier alpha value is -0.570. The van der Waals surface area contributed by atoms with Gasteiger partial charge in [-0.2, -0.15) is 0 Å². The van der Waals surface area contributed by atoms with E-state index in [-0.39, 0.29) is 17.6 Å². The normalized spacial score (nSPS) is 22.8. The average molecular weight is 227 g/mol. The van der Waals surface area contributed by atoms with Gasteiger partial charge in [0.05, 0.1) is 0 Å². The van der Waals surface area contributed by atoms with E-state index in [1.807, 2.05) is 20.8 Å². The molecule has 1 heterocycles. The zero-order valence-electron chi connectivity index (χ0n) is 11.2. The summed E-state index contributed by atoms with van der Waals surface area (Å²) in [7, 11) is 0. The fourth-order valence-electron chi connectivity index (χ4n) is 2.15. The molecule has 0 aromatic heterocycles. The van der Waals surface area contributed by atoms with Crippen molar-refractivity contribution in [3.8, 4) is 0 Å². The summed E-state index contributed by atoms with van der Waals surface area (Å²) in [6.45, 7) is 12.2. The van der Waals surface area contributed by atoms with E-state index in [2.05, 4.69) is 18.7 Å². The zero-order valence-corrected chi connectivity index (χ0v) is 11.2. The highest BCUT2D eigenvalue weighted by atomic mass is 16.6. The lowest BCUT2D eigenvalue weighted by atomic mass is 10.1. The zero-order chi connectivity index (χ0) is 12.3. The highest BCUT2D eigenvalue weighted by molar-refractivity contribution is 5.76. The molecule has 1 aliphatic heterocycles. The highest BCUT2D eigenvalue weighted by Crippen LogP contribution is 2.21. The van der Waals surface area contributed by atoms with E-state index in [0.717, 1.165) is 25.9 Å². The van der Waals surface area contributed by atoms with Crippen LogP contribution in [0, 0.1) is 5.92 Å². The summed E-state index contributed by atoms with van der Waals surface area (Å²) in [6.07, 6.45) is 2.05. The Balaban J connectivity index is 2.54. The van der Waals surface area contributed by atoms with Crippen LogP contribution >= 0.6 is 0 Å². The van der Waals surface area contributed by atoms with Crippen LogP contribution in [0.15, 0.2) is 0 Å². The summed E-state index contributed by atoms with van der Waals surface area (Å²) in [6, 6.07) is -0.0124. The maximum absolute atomic E-state index is 12.0. The molecule has 94 valence electrons. The molecule has 0 aliphatic carbocycles. The smallest absolute Gasteiger partial charge is 0.323 e. The number of esters is 1. The average Bonchev–Trinajstić information content (AvgIpc) is 2.47. The third-order valence-corrected chi connectivity index (χ3v) is 2.64. The molecule has 0 aromatic carbocycles. The second-order valence-corrected chi connectivity index (χ2v) is 6.08. The van der Waals surface area contributed by atoms with Crippen molar-refractivity contribution in [1.29, 1.82) is 0 Å². The van der Waals surface area contributed by atoms with Crippen molar-refractivity contribution < 1.29 is 9.53 Å². The number of likely N-dealkylation sites (tertiary alicyclic amines) is 1. The maximum Gasteiger partial charge on any atom is 0.323 e. The molecule has 1 rings (SSSR count). The third kappa shape index (κ3) is 4.12. The summed E-state index contributed by atoms with van der Waals surface area (Å²) in [5, 5.41) is 0. The van der Waals surface area contributed by atoms with Crippen LogP contribution in [-0.2, 0) is 9.53 Å². The van der Waals surface area contributed by atoms with E-state index >= 15 is 0 Å². The van der Waals surface area contributed by atoms with E-state index in [1.165, 1.54) is 0 Å². The largest absolute Gasteiger partial charge is 0.459 e. The van der Waals surface area contributed by atoms with Gasteiger partial charge < -0.3 is 4.74 Å². The first-order chi connectivity index (χ1) is 7.29. The minimum atomic E-state index is -0.372. The summed E-state index contributed by atoms with van der Waals surface area (Å²) < 4.78 is 5.45. The SMILES string of the molecule is CC(C)CN1CCC[C@H]1C(=O)OC(C)(C)C. The number of carbonyl (C=O) groups excluding carboxylic acids is 1. The molecular weight excluding hydrogens is 202 g/mol. The number of hydrogen-bond acceptors (Lipinski definition) is 3. The number of hydrogen-bond donors (Lipinski definition) is 0. The molecule has 0 aromatic rings. The minimum Gasteiger partial charge on any atom is -0.459 e. The first-order valence-electron chi connectivity index (χ1n) is 6.26. The van der Waals surface area contributed by atoms with Crippen molar-refractivity contribution in [3.63, 3.8) is 0 Å². The molecule has 0 radical (unpaired) electrons. The monoisotopic (exact) mass is 227 g/mol. The van der Waals surface area contributed by atoms with Gasteiger partial charge in [-0.3, -0.25) is 9.69 Å². The second-order valence-electron chi connectivity index (χ2n) is 6.08. The van der Waals surface area contributed by atoms with E-state index in [1.54, 1.807) is 0 Å². The van der Waals surface area contributed by atoms with Crippen LogP contribution in [0.5, 0.6) is 0 Å². The van der Waals surface area contributed by atoms with E-state index < -0.39 is 0 Å². The Morgan fingerprint density at radius 1 is 1.44 bits per heavy atom. The van der Waals surface area contributed by atoms with Gasteiger partial charge >= 0.3 is 5.97 Å². The Bertz CT molecular complexity index is 243. The molecule has 16 heavy (non-hydrogen) atoms. The van der Waals surface area contributed by atoms with Crippen LogP contribution in [0.2, 0.25) is 0 Å². The second kappa shape index (κ2) is 5.17. The molecule has 0 bridgehead atoms. The molecule has 0 spiro atoms. The van der Waals surface area contributed by atoms with Gasteiger partial charge in [-0.15, -0.1) is 0 Å². The summed E-state index contributed by atoms with van der Waals surface area (Å²) >= 11 is 0. The lowest BCUT2D eigenvalue weighted by molar-refractivity contribution is -0.160. The van der Waals surface area contributed by atoms with Crippen LogP contribution < -0.4 is 0 Å². The van der Waals surface area contributed by atoms with Crippen molar-refractivity contribution in [2.45, 2.75) is 59.1 Å². The van der Waals surface area contributed by atoms with Crippen LogP contribution in [0.3, 0.4) is 0 Å². The van der Waals surface area contributed by atoms with E-state index in [4.69, 9.17) is 4.74 Å². The Kier molecular flexibility index (Phi) is 4.36. The van der Waals surface area contributed by atoms with Gasteiger partial charge in [-0.25, -0.2) is 0 Å². The molecule has 1 saturated heterocycles. The molecule has 3 nitrogen and oxygen atoms in total. The Labute approximate surface area is 99.1 Å². The molecule has 1 fully saturated rings. The highest BCUT2D eigenvalue weighted by Gasteiger charge is 2.33. The van der Waals surface area contributed by atoms with Gasteiger partial charge in [0.2, 0.25) is 0 Å². The van der Waals surface area contributed by atoms with Crippen LogP contribution in [0.1, 0.15) is 47.5 Å². The van der Waals surface area contributed by atoms with Crippen LogP contribution in [0.4, 0.5) is 0 Å². The Morgan fingerprint density at radius 2 is 2.06 bits per heavy atom. The molecule has 1 atom stereocenters. The first kappa shape index (κ1) is 13.5. The van der Waals surface area contributed by atoms with Crippen molar-refractivity contribution in [3.05, 3.63) is 0 Å². The molecule has 0 saturated carbocycles. The van der Waals surface area contributed by atoms with Crippen molar-refractivity contribution in [1.82, 2.24) is 4.90 Å². The van der Waals surface area contributed by atoms with Crippen molar-refractivity contribution in [2.75, 3.05) is 13.1 Å². The van der Waals surface area contributed by atoms with Gasteiger partial charge in [-0.1, -0.05) is 13.8 Å². The lowest BCUT2D eigenvalue weighted by Crippen LogP contribution is -2.41. The van der Waals surface area contributed by atoms with Gasteiger partial charge in [0, 0.05) is 6.54 Å². The topological polar surface area (TPSA) is 29.5 Å². The standard InChI is InChI=1S/C13H25NO2/c1-10(2)9-14-8-6-7-11(14)12(15)16-13(3,4)5/h10-11H,6-9H2,1-5H3/t11-/m0/s1. The molecule has 1 aliphatic rings. The van der Waals surface area contributed by atoms with Gasteiger partial charge in [-0.05, 0) is 46.1 Å². The summed E-state index contributed by atoms with van der Waals surface area (Å²) in [5.74, 6) is 0.550. The third-order valence-electron chi connectivity index (χ3n) is 2.64. The van der Waals surface area contributed by atoms with E-state index in [9.17, 15) is 4.79 Å². The van der Waals surface area contributed by atoms with Gasteiger partial charge in [0.1, 0.15) is 11.6 Å². The van der Waals surface area contributed by atoms with Gasteiger partial charge in [0.15, 0.2) is 0 Å². The fourth-order valence-corrected chi connectivity index (χ4v) is 2.15. The van der Waals surface area contributed by atoms with Crippen molar-refractivity contribution >= 4 is 5.97 Å².